The van der Waals surface area contributed by atoms with Crippen LogP contribution in [-0.2, 0) is 0 Å². The van der Waals surface area contributed by atoms with Crippen LogP contribution in [0.25, 0.3) is 0 Å². The molecule has 16 heavy (non-hydrogen) atoms. The van der Waals surface area contributed by atoms with Crippen LogP contribution in [0.3, 0.4) is 0 Å². The highest BCUT2D eigenvalue weighted by Gasteiger charge is 2.37. The Kier molecular flexibility index (Phi) is 3.18. The number of hydrogen-bond donors (Lipinski definition) is 1. The summed E-state index contributed by atoms with van der Waals surface area (Å²) in [5.74, 6) is 0.952. The van der Waals surface area contributed by atoms with Gasteiger partial charge in [-0.25, -0.2) is 0 Å². The first-order valence-electron chi connectivity index (χ1n) is 6.99. The van der Waals surface area contributed by atoms with Gasteiger partial charge in [0.2, 0.25) is 0 Å². The number of rotatable bonds is 1. The van der Waals surface area contributed by atoms with Crippen LogP contribution >= 0.6 is 0 Å². The first kappa shape index (κ1) is 11.0. The van der Waals surface area contributed by atoms with Gasteiger partial charge < -0.3 is 10.2 Å². The molecule has 92 valence electrons. The zero-order valence-electron chi connectivity index (χ0n) is 10.5. The van der Waals surface area contributed by atoms with Crippen LogP contribution < -0.4 is 5.32 Å². The number of fused-ring (bicyclic) bond motifs is 1. The summed E-state index contributed by atoms with van der Waals surface area (Å²) >= 11 is 0. The topological polar surface area (TPSA) is 18.5 Å². The fourth-order valence-electron chi connectivity index (χ4n) is 3.74. The molecule has 0 aliphatic carbocycles. The molecule has 3 rings (SSSR count). The van der Waals surface area contributed by atoms with Gasteiger partial charge in [0.15, 0.2) is 0 Å². The van der Waals surface area contributed by atoms with Gasteiger partial charge in [0.25, 0.3) is 0 Å². The molecule has 0 saturated carbocycles. The van der Waals surface area contributed by atoms with Gasteiger partial charge in [-0.3, -0.25) is 4.90 Å². The molecule has 1 N–H and O–H groups in total. The van der Waals surface area contributed by atoms with E-state index in [9.17, 15) is 0 Å². The lowest BCUT2D eigenvalue weighted by atomic mass is 9.94. The van der Waals surface area contributed by atoms with Gasteiger partial charge in [0, 0.05) is 25.2 Å². The minimum absolute atomic E-state index is 0.813. The maximum atomic E-state index is 3.71. The SMILES string of the molecule is CN1CCC(N2CC3CCCNC3C2)CC1. The van der Waals surface area contributed by atoms with Gasteiger partial charge in [-0.1, -0.05) is 0 Å². The van der Waals surface area contributed by atoms with E-state index in [0.29, 0.717) is 0 Å². The Morgan fingerprint density at radius 2 is 1.88 bits per heavy atom. The van der Waals surface area contributed by atoms with E-state index in [2.05, 4.69) is 22.2 Å². The van der Waals surface area contributed by atoms with Crippen molar-refractivity contribution >= 4 is 0 Å². The normalized spacial score (nSPS) is 38.8. The molecule has 3 heteroatoms. The number of hydrogen-bond acceptors (Lipinski definition) is 3. The maximum Gasteiger partial charge on any atom is 0.0235 e. The van der Waals surface area contributed by atoms with Gasteiger partial charge in [-0.15, -0.1) is 0 Å². The predicted molar refractivity (Wildman–Crippen MR) is 66.6 cm³/mol. The van der Waals surface area contributed by atoms with E-state index in [0.717, 1.165) is 18.0 Å². The third-order valence-electron chi connectivity index (χ3n) is 4.83. The summed E-state index contributed by atoms with van der Waals surface area (Å²) < 4.78 is 0. The standard InChI is InChI=1S/C13H25N3/c1-15-7-4-12(5-8-15)16-9-11-3-2-6-14-13(11)10-16/h11-14H,2-10H2,1H3. The van der Waals surface area contributed by atoms with E-state index in [-0.39, 0.29) is 0 Å². The molecule has 0 amide bonds. The molecule has 2 atom stereocenters. The molecular weight excluding hydrogens is 198 g/mol. The van der Waals surface area contributed by atoms with E-state index in [1.54, 1.807) is 0 Å². The highest BCUT2D eigenvalue weighted by atomic mass is 15.2. The Balaban J connectivity index is 1.56. The van der Waals surface area contributed by atoms with Crippen molar-refractivity contribution in [3.63, 3.8) is 0 Å². The van der Waals surface area contributed by atoms with Crippen molar-refractivity contribution in [2.45, 2.75) is 37.8 Å². The highest BCUT2D eigenvalue weighted by Crippen LogP contribution is 2.28. The number of piperidine rings is 2. The molecule has 3 nitrogen and oxygen atoms in total. The van der Waals surface area contributed by atoms with Crippen LogP contribution in [0.15, 0.2) is 0 Å². The summed E-state index contributed by atoms with van der Waals surface area (Å²) in [5.41, 5.74) is 0. The highest BCUT2D eigenvalue weighted by molar-refractivity contribution is 4.95. The summed E-state index contributed by atoms with van der Waals surface area (Å²) in [4.78, 5) is 5.25. The van der Waals surface area contributed by atoms with E-state index in [1.165, 1.54) is 58.4 Å². The lowest BCUT2D eigenvalue weighted by Crippen LogP contribution is -2.44. The fraction of sp³-hybridized carbons (Fsp3) is 1.00. The van der Waals surface area contributed by atoms with Gasteiger partial charge in [0.1, 0.15) is 0 Å². The number of nitrogens with one attached hydrogen (secondary N) is 1. The van der Waals surface area contributed by atoms with Crippen LogP contribution in [0.1, 0.15) is 25.7 Å². The fourth-order valence-corrected chi connectivity index (χ4v) is 3.74. The van der Waals surface area contributed by atoms with Crippen molar-refractivity contribution in [2.75, 3.05) is 39.8 Å². The number of nitrogens with zero attached hydrogens (tertiary/aromatic N) is 2. The van der Waals surface area contributed by atoms with Gasteiger partial charge in [-0.2, -0.15) is 0 Å². The molecule has 0 radical (unpaired) electrons. The van der Waals surface area contributed by atoms with E-state index >= 15 is 0 Å². The average Bonchev–Trinajstić information content (AvgIpc) is 2.73. The monoisotopic (exact) mass is 223 g/mol. The lowest BCUT2D eigenvalue weighted by Gasteiger charge is -2.35. The van der Waals surface area contributed by atoms with Crippen molar-refractivity contribution in [3.05, 3.63) is 0 Å². The van der Waals surface area contributed by atoms with E-state index in [1.807, 2.05) is 0 Å². The molecule has 0 aromatic heterocycles. The predicted octanol–water partition coefficient (Wildman–Crippen LogP) is 0.764. The number of likely N-dealkylation sites (tertiary alicyclic amines) is 2. The van der Waals surface area contributed by atoms with E-state index < -0.39 is 0 Å². The van der Waals surface area contributed by atoms with Crippen molar-refractivity contribution in [1.29, 1.82) is 0 Å². The Morgan fingerprint density at radius 3 is 2.62 bits per heavy atom. The van der Waals surface area contributed by atoms with Gasteiger partial charge in [0.05, 0.1) is 0 Å². The quantitative estimate of drug-likeness (QED) is 0.708. The lowest BCUT2D eigenvalue weighted by molar-refractivity contribution is 0.139. The molecule has 3 fully saturated rings. The molecule has 0 aromatic rings. The third kappa shape index (κ3) is 2.13. The van der Waals surface area contributed by atoms with Crippen molar-refractivity contribution < 1.29 is 0 Å². The zero-order chi connectivity index (χ0) is 11.0. The smallest absolute Gasteiger partial charge is 0.0235 e. The second-order valence-corrected chi connectivity index (χ2v) is 5.95. The first-order chi connectivity index (χ1) is 7.83. The second kappa shape index (κ2) is 4.63. The molecule has 0 bridgehead atoms. The van der Waals surface area contributed by atoms with Crippen molar-refractivity contribution in [1.82, 2.24) is 15.1 Å². The van der Waals surface area contributed by atoms with Crippen molar-refractivity contribution in [2.24, 2.45) is 5.92 Å². The molecule has 0 aromatic carbocycles. The molecule has 3 aliphatic heterocycles. The van der Waals surface area contributed by atoms with Gasteiger partial charge in [-0.05, 0) is 58.3 Å². The Labute approximate surface area is 99.2 Å². The van der Waals surface area contributed by atoms with Crippen LogP contribution in [0, 0.1) is 5.92 Å². The zero-order valence-corrected chi connectivity index (χ0v) is 10.5. The Hall–Kier alpha value is -0.120. The summed E-state index contributed by atoms with van der Waals surface area (Å²) in [6.07, 6.45) is 5.62. The third-order valence-corrected chi connectivity index (χ3v) is 4.83. The van der Waals surface area contributed by atoms with Crippen LogP contribution in [0.2, 0.25) is 0 Å². The van der Waals surface area contributed by atoms with Crippen molar-refractivity contribution in [3.8, 4) is 0 Å². The average molecular weight is 223 g/mol. The van der Waals surface area contributed by atoms with Crippen LogP contribution in [-0.4, -0.2) is 61.7 Å². The van der Waals surface area contributed by atoms with Crippen LogP contribution in [0.5, 0.6) is 0 Å². The van der Waals surface area contributed by atoms with Crippen LogP contribution in [0.4, 0.5) is 0 Å². The summed E-state index contributed by atoms with van der Waals surface area (Å²) in [6.45, 7) is 6.53. The maximum absolute atomic E-state index is 3.71. The summed E-state index contributed by atoms with van der Waals surface area (Å²) in [7, 11) is 2.25. The molecule has 3 saturated heterocycles. The largest absolute Gasteiger partial charge is 0.312 e. The summed E-state index contributed by atoms with van der Waals surface area (Å²) in [5, 5.41) is 3.71. The second-order valence-electron chi connectivity index (χ2n) is 5.95. The molecule has 2 unspecified atom stereocenters. The van der Waals surface area contributed by atoms with Gasteiger partial charge >= 0.3 is 0 Å². The minimum atomic E-state index is 0.813. The molecular formula is C13H25N3. The Bertz CT molecular complexity index is 221. The molecule has 3 heterocycles. The first-order valence-corrected chi connectivity index (χ1v) is 6.99. The molecule has 0 spiro atoms. The minimum Gasteiger partial charge on any atom is -0.312 e. The summed E-state index contributed by atoms with van der Waals surface area (Å²) in [6, 6.07) is 1.69. The molecule has 3 aliphatic rings. The van der Waals surface area contributed by atoms with E-state index in [4.69, 9.17) is 0 Å². The Morgan fingerprint density at radius 1 is 1.06 bits per heavy atom.